The van der Waals surface area contributed by atoms with Gasteiger partial charge in [-0.25, -0.2) is 4.98 Å². The highest BCUT2D eigenvalue weighted by molar-refractivity contribution is 7.14. The lowest BCUT2D eigenvalue weighted by atomic mass is 9.81. The van der Waals surface area contributed by atoms with E-state index in [1.54, 1.807) is 25.4 Å². The SMILES string of the molecule is CN=CC=C(N)c1cccc(-c2csc(NC(=O)CNC(=O)c3ccc(C)c(C(C)(C)CN)c3)n2)c1. The van der Waals surface area contributed by atoms with Crippen LogP contribution in [0.4, 0.5) is 5.13 Å². The number of carbonyl (C=O) groups is 2. The van der Waals surface area contributed by atoms with Crippen LogP contribution in [0, 0.1) is 6.92 Å². The number of hydrogen-bond donors (Lipinski definition) is 4. The molecule has 36 heavy (non-hydrogen) atoms. The lowest BCUT2D eigenvalue weighted by Crippen LogP contribution is -2.33. The third-order valence-corrected chi connectivity index (χ3v) is 6.55. The number of hydrogen-bond acceptors (Lipinski definition) is 7. The van der Waals surface area contributed by atoms with Gasteiger partial charge in [-0.15, -0.1) is 11.3 Å². The number of nitrogens with two attached hydrogens (primary N) is 2. The van der Waals surface area contributed by atoms with E-state index in [1.165, 1.54) is 11.3 Å². The summed E-state index contributed by atoms with van der Waals surface area (Å²) in [4.78, 5) is 33.5. The molecule has 3 rings (SSSR count). The molecule has 0 saturated carbocycles. The van der Waals surface area contributed by atoms with Crippen molar-refractivity contribution < 1.29 is 9.59 Å². The van der Waals surface area contributed by atoms with Crippen molar-refractivity contribution in [3.8, 4) is 11.3 Å². The Morgan fingerprint density at radius 3 is 2.67 bits per heavy atom. The smallest absolute Gasteiger partial charge is 0.251 e. The molecule has 6 N–H and O–H groups in total. The predicted molar refractivity (Wildman–Crippen MR) is 148 cm³/mol. The number of rotatable bonds is 9. The van der Waals surface area contributed by atoms with Gasteiger partial charge in [-0.05, 0) is 47.9 Å². The summed E-state index contributed by atoms with van der Waals surface area (Å²) < 4.78 is 0. The second-order valence-corrected chi connectivity index (χ2v) is 9.85. The zero-order valence-corrected chi connectivity index (χ0v) is 21.8. The van der Waals surface area contributed by atoms with E-state index < -0.39 is 0 Å². The largest absolute Gasteiger partial charge is 0.398 e. The first-order valence-electron chi connectivity index (χ1n) is 11.5. The Bertz CT molecular complexity index is 1310. The monoisotopic (exact) mass is 504 g/mol. The Balaban J connectivity index is 1.62. The van der Waals surface area contributed by atoms with Gasteiger partial charge < -0.3 is 22.1 Å². The van der Waals surface area contributed by atoms with Crippen LogP contribution >= 0.6 is 11.3 Å². The quantitative estimate of drug-likeness (QED) is 0.329. The van der Waals surface area contributed by atoms with Crippen molar-refractivity contribution in [2.75, 3.05) is 25.5 Å². The van der Waals surface area contributed by atoms with Gasteiger partial charge in [0.1, 0.15) is 0 Å². The highest BCUT2D eigenvalue weighted by Gasteiger charge is 2.22. The first kappa shape index (κ1) is 26.8. The summed E-state index contributed by atoms with van der Waals surface area (Å²) in [5.41, 5.74) is 17.3. The fourth-order valence-corrected chi connectivity index (χ4v) is 4.34. The molecular formula is C27H32N6O2S. The third-order valence-electron chi connectivity index (χ3n) is 5.79. The molecule has 0 aliphatic rings. The molecule has 0 bridgehead atoms. The van der Waals surface area contributed by atoms with Crippen LogP contribution in [0.1, 0.15) is 40.9 Å². The van der Waals surface area contributed by atoms with Crippen LogP contribution in [0.25, 0.3) is 17.0 Å². The van der Waals surface area contributed by atoms with Crippen LogP contribution in [0.15, 0.2) is 58.9 Å². The number of benzene rings is 2. The number of aryl methyl sites for hydroxylation is 1. The van der Waals surface area contributed by atoms with Gasteiger partial charge in [-0.1, -0.05) is 38.1 Å². The molecule has 0 unspecified atom stereocenters. The summed E-state index contributed by atoms with van der Waals surface area (Å²) in [7, 11) is 1.68. The maximum Gasteiger partial charge on any atom is 0.251 e. The molecule has 0 aliphatic heterocycles. The molecule has 0 saturated heterocycles. The number of aromatic nitrogens is 1. The zero-order valence-electron chi connectivity index (χ0n) is 21.0. The van der Waals surface area contributed by atoms with Crippen LogP contribution in [0.3, 0.4) is 0 Å². The molecule has 0 fully saturated rings. The molecule has 0 spiro atoms. The van der Waals surface area contributed by atoms with E-state index in [-0.39, 0.29) is 23.8 Å². The van der Waals surface area contributed by atoms with Crippen molar-refractivity contribution in [1.29, 1.82) is 0 Å². The molecule has 1 aromatic heterocycles. The molecule has 8 nitrogen and oxygen atoms in total. The number of nitrogens with one attached hydrogen (secondary N) is 2. The molecule has 2 aromatic carbocycles. The van der Waals surface area contributed by atoms with Gasteiger partial charge in [0, 0.05) is 47.4 Å². The molecule has 0 radical (unpaired) electrons. The van der Waals surface area contributed by atoms with Crippen molar-refractivity contribution in [2.24, 2.45) is 16.5 Å². The van der Waals surface area contributed by atoms with Crippen molar-refractivity contribution in [2.45, 2.75) is 26.2 Å². The van der Waals surface area contributed by atoms with Crippen LogP contribution in [0.2, 0.25) is 0 Å². The van der Waals surface area contributed by atoms with Crippen molar-refractivity contribution in [3.05, 3.63) is 76.2 Å². The summed E-state index contributed by atoms with van der Waals surface area (Å²) >= 11 is 1.31. The van der Waals surface area contributed by atoms with Gasteiger partial charge in [-0.3, -0.25) is 14.6 Å². The van der Waals surface area contributed by atoms with Crippen molar-refractivity contribution >= 4 is 40.2 Å². The normalized spacial score (nSPS) is 12.1. The standard InChI is InChI=1S/C27H32N6O2S/c1-17-8-9-20(13-21(17)27(2,3)16-28)25(35)31-14-24(34)33-26-32-23(15-36-26)19-7-5-6-18(12-19)22(29)10-11-30-4/h5-13,15H,14,16,28-29H2,1-4H3,(H,31,35)(H,32,33,34). The average molecular weight is 505 g/mol. The highest BCUT2D eigenvalue weighted by Crippen LogP contribution is 2.27. The zero-order chi connectivity index (χ0) is 26.3. The second-order valence-electron chi connectivity index (χ2n) is 9.00. The van der Waals surface area contributed by atoms with Gasteiger partial charge in [-0.2, -0.15) is 0 Å². The molecule has 2 amide bonds. The first-order valence-corrected chi connectivity index (χ1v) is 12.4. The van der Waals surface area contributed by atoms with Gasteiger partial charge in [0.15, 0.2) is 5.13 Å². The molecule has 0 atom stereocenters. The minimum Gasteiger partial charge on any atom is -0.398 e. The maximum absolute atomic E-state index is 12.7. The van der Waals surface area contributed by atoms with E-state index in [1.807, 2.05) is 62.5 Å². The number of aliphatic imine (C=N–C) groups is 1. The Morgan fingerprint density at radius 1 is 1.17 bits per heavy atom. The lowest BCUT2D eigenvalue weighted by Gasteiger charge is -2.25. The molecule has 1 heterocycles. The first-order chi connectivity index (χ1) is 17.1. The highest BCUT2D eigenvalue weighted by atomic mass is 32.1. The van der Waals surface area contributed by atoms with E-state index in [0.29, 0.717) is 28.6 Å². The minimum absolute atomic E-state index is 0.174. The third kappa shape index (κ3) is 6.65. The summed E-state index contributed by atoms with van der Waals surface area (Å²) in [6.45, 7) is 6.35. The fraction of sp³-hybridized carbons (Fsp3) is 0.259. The Kier molecular flexibility index (Phi) is 8.73. The molecular weight excluding hydrogens is 472 g/mol. The van der Waals surface area contributed by atoms with Crippen LogP contribution in [-0.2, 0) is 10.2 Å². The number of thiazole rings is 1. The van der Waals surface area contributed by atoms with Gasteiger partial charge >= 0.3 is 0 Å². The Labute approximate surface area is 215 Å². The van der Waals surface area contributed by atoms with Crippen LogP contribution in [-0.4, -0.2) is 43.2 Å². The predicted octanol–water partition coefficient (Wildman–Crippen LogP) is 3.72. The second kappa shape index (κ2) is 11.7. The Morgan fingerprint density at radius 2 is 1.94 bits per heavy atom. The summed E-state index contributed by atoms with van der Waals surface area (Å²) in [5.74, 6) is -0.687. The number of carbonyl (C=O) groups excluding carboxylic acids is 2. The maximum atomic E-state index is 12.7. The van der Waals surface area contributed by atoms with Crippen LogP contribution < -0.4 is 22.1 Å². The summed E-state index contributed by atoms with van der Waals surface area (Å²) in [6.07, 6.45) is 3.37. The fourth-order valence-electron chi connectivity index (χ4n) is 3.60. The van der Waals surface area contributed by atoms with E-state index in [9.17, 15) is 9.59 Å². The molecule has 188 valence electrons. The van der Waals surface area contributed by atoms with E-state index in [4.69, 9.17) is 11.5 Å². The van der Waals surface area contributed by atoms with Crippen molar-refractivity contribution in [3.63, 3.8) is 0 Å². The molecule has 3 aromatic rings. The summed E-state index contributed by atoms with van der Waals surface area (Å²) in [6, 6.07) is 13.1. The molecule has 0 aliphatic carbocycles. The van der Waals surface area contributed by atoms with Gasteiger partial charge in [0.25, 0.3) is 5.91 Å². The topological polar surface area (TPSA) is 135 Å². The number of amides is 2. The average Bonchev–Trinajstić information content (AvgIpc) is 3.34. The lowest BCUT2D eigenvalue weighted by molar-refractivity contribution is -0.115. The van der Waals surface area contributed by atoms with Crippen molar-refractivity contribution in [1.82, 2.24) is 10.3 Å². The number of anilines is 1. The molecule has 9 heteroatoms. The number of allylic oxidation sites excluding steroid dienone is 1. The number of nitrogens with zero attached hydrogens (tertiary/aromatic N) is 2. The minimum atomic E-state index is -0.362. The van der Waals surface area contributed by atoms with E-state index in [0.717, 1.165) is 22.3 Å². The van der Waals surface area contributed by atoms with Crippen LogP contribution in [0.5, 0.6) is 0 Å². The van der Waals surface area contributed by atoms with Gasteiger partial charge in [0.2, 0.25) is 5.91 Å². The van der Waals surface area contributed by atoms with E-state index >= 15 is 0 Å². The van der Waals surface area contributed by atoms with Gasteiger partial charge in [0.05, 0.1) is 12.2 Å². The van der Waals surface area contributed by atoms with E-state index in [2.05, 4.69) is 20.6 Å². The summed E-state index contributed by atoms with van der Waals surface area (Å²) in [5, 5.41) is 7.71. The Hall–Kier alpha value is -3.82.